The average molecular weight is 258 g/mol. The van der Waals surface area contributed by atoms with Crippen molar-refractivity contribution in [3.05, 3.63) is 34.6 Å². The highest BCUT2D eigenvalue weighted by atomic mass is 15.1. The van der Waals surface area contributed by atoms with E-state index in [2.05, 4.69) is 47.9 Å². The largest absolute Gasteiger partial charge is 0.368 e. The third-order valence-corrected chi connectivity index (χ3v) is 2.67. The first-order valence-electron chi connectivity index (χ1n) is 6.54. The van der Waals surface area contributed by atoms with Crippen LogP contribution in [-0.4, -0.2) is 15.0 Å². The number of nitrogen functional groups attached to an aromatic ring is 1. The number of aromatic nitrogens is 3. The van der Waals surface area contributed by atoms with Crippen molar-refractivity contribution in [2.24, 2.45) is 0 Å². The number of benzene rings is 1. The summed E-state index contributed by atoms with van der Waals surface area (Å²) >= 11 is 0. The second-order valence-corrected chi connectivity index (χ2v) is 4.34. The number of hydrogen-bond acceptors (Lipinski definition) is 4. The van der Waals surface area contributed by atoms with Gasteiger partial charge in [0.2, 0.25) is 5.95 Å². The zero-order valence-electron chi connectivity index (χ0n) is 12.6. The van der Waals surface area contributed by atoms with Crippen LogP contribution >= 0.6 is 0 Å². The maximum Gasteiger partial charge on any atom is 0.223 e. The molecule has 0 aliphatic heterocycles. The molecule has 2 rings (SSSR count). The molecule has 0 amide bonds. The van der Waals surface area contributed by atoms with Crippen molar-refractivity contribution >= 4 is 5.95 Å². The molecule has 0 unspecified atom stereocenters. The molecule has 0 spiro atoms. The molecule has 0 saturated heterocycles. The molecule has 1 aromatic carbocycles. The normalized spacial score (nSPS) is 9.79. The van der Waals surface area contributed by atoms with E-state index in [-0.39, 0.29) is 5.95 Å². The van der Waals surface area contributed by atoms with Crippen molar-refractivity contribution in [3.63, 3.8) is 0 Å². The fourth-order valence-electron chi connectivity index (χ4n) is 2.15. The van der Waals surface area contributed by atoms with Crippen molar-refractivity contribution in [3.8, 4) is 11.4 Å². The predicted molar refractivity (Wildman–Crippen MR) is 80.0 cm³/mol. The van der Waals surface area contributed by atoms with Crippen molar-refractivity contribution in [1.82, 2.24) is 15.0 Å². The van der Waals surface area contributed by atoms with Crippen LogP contribution in [0.25, 0.3) is 11.4 Å². The van der Waals surface area contributed by atoms with E-state index in [4.69, 9.17) is 5.73 Å². The van der Waals surface area contributed by atoms with Gasteiger partial charge < -0.3 is 5.73 Å². The first-order valence-corrected chi connectivity index (χ1v) is 6.54. The highest BCUT2D eigenvalue weighted by molar-refractivity contribution is 5.65. The SMILES string of the molecule is CC.Cc1cc(C)c(-c2nc(C)nc(N)n2)c(C)c1. The molecule has 0 radical (unpaired) electrons. The minimum Gasteiger partial charge on any atom is -0.368 e. The highest BCUT2D eigenvalue weighted by Crippen LogP contribution is 2.25. The Kier molecular flexibility index (Phi) is 4.98. The zero-order chi connectivity index (χ0) is 14.6. The summed E-state index contributed by atoms with van der Waals surface area (Å²) in [6.45, 7) is 12.0. The van der Waals surface area contributed by atoms with Crippen LogP contribution in [0, 0.1) is 27.7 Å². The van der Waals surface area contributed by atoms with Crippen LogP contribution in [0.1, 0.15) is 36.4 Å². The van der Waals surface area contributed by atoms with E-state index in [9.17, 15) is 0 Å². The maximum atomic E-state index is 5.66. The summed E-state index contributed by atoms with van der Waals surface area (Å²) in [4.78, 5) is 12.6. The van der Waals surface area contributed by atoms with Gasteiger partial charge in [0.15, 0.2) is 5.82 Å². The summed E-state index contributed by atoms with van der Waals surface area (Å²) in [6, 6.07) is 4.25. The van der Waals surface area contributed by atoms with Crippen LogP contribution in [0.3, 0.4) is 0 Å². The van der Waals surface area contributed by atoms with E-state index in [0.29, 0.717) is 11.6 Å². The molecule has 0 fully saturated rings. The minimum atomic E-state index is 0.270. The molecule has 0 atom stereocenters. The van der Waals surface area contributed by atoms with Gasteiger partial charge in [0.1, 0.15) is 5.82 Å². The van der Waals surface area contributed by atoms with E-state index in [1.807, 2.05) is 20.8 Å². The predicted octanol–water partition coefficient (Wildman–Crippen LogP) is 3.38. The van der Waals surface area contributed by atoms with Crippen molar-refractivity contribution in [2.45, 2.75) is 41.5 Å². The van der Waals surface area contributed by atoms with Gasteiger partial charge in [-0.1, -0.05) is 31.5 Å². The van der Waals surface area contributed by atoms with E-state index >= 15 is 0 Å². The third kappa shape index (κ3) is 3.50. The lowest BCUT2D eigenvalue weighted by Gasteiger charge is -2.10. The van der Waals surface area contributed by atoms with E-state index in [1.54, 1.807) is 0 Å². The van der Waals surface area contributed by atoms with Crippen LogP contribution in [0.5, 0.6) is 0 Å². The second kappa shape index (κ2) is 6.27. The van der Waals surface area contributed by atoms with E-state index in [1.165, 1.54) is 5.56 Å². The summed E-state index contributed by atoms with van der Waals surface area (Å²) < 4.78 is 0. The van der Waals surface area contributed by atoms with Gasteiger partial charge in [-0.05, 0) is 38.8 Å². The molecule has 1 heterocycles. The Morgan fingerprint density at radius 3 is 1.84 bits per heavy atom. The van der Waals surface area contributed by atoms with Crippen molar-refractivity contribution in [1.29, 1.82) is 0 Å². The van der Waals surface area contributed by atoms with Gasteiger partial charge in [0.05, 0.1) is 0 Å². The van der Waals surface area contributed by atoms with Gasteiger partial charge in [-0.2, -0.15) is 9.97 Å². The van der Waals surface area contributed by atoms with Crippen LogP contribution in [-0.2, 0) is 0 Å². The van der Waals surface area contributed by atoms with Gasteiger partial charge in [-0.15, -0.1) is 0 Å². The molecule has 0 saturated carbocycles. The van der Waals surface area contributed by atoms with Crippen LogP contribution in [0.2, 0.25) is 0 Å². The quantitative estimate of drug-likeness (QED) is 0.851. The standard InChI is InChI=1S/C13H16N4.C2H6/c1-7-5-8(2)11(9(3)6-7)12-15-10(4)16-13(14)17-12;1-2/h5-6H,1-4H3,(H2,14,15,16,17);1-2H3. The number of aryl methyl sites for hydroxylation is 4. The van der Waals surface area contributed by atoms with Crippen LogP contribution in [0.4, 0.5) is 5.95 Å². The fraction of sp³-hybridized carbons (Fsp3) is 0.400. The highest BCUT2D eigenvalue weighted by Gasteiger charge is 2.11. The summed E-state index contributed by atoms with van der Waals surface area (Å²) in [7, 11) is 0. The molecule has 19 heavy (non-hydrogen) atoms. The first-order chi connectivity index (χ1) is 8.97. The van der Waals surface area contributed by atoms with Gasteiger partial charge in [-0.25, -0.2) is 4.98 Å². The molecule has 0 aliphatic carbocycles. The van der Waals surface area contributed by atoms with Crippen molar-refractivity contribution in [2.75, 3.05) is 5.73 Å². The summed E-state index contributed by atoms with van der Waals surface area (Å²) in [5.74, 6) is 1.57. The van der Waals surface area contributed by atoms with Crippen molar-refractivity contribution < 1.29 is 0 Å². The minimum absolute atomic E-state index is 0.270. The van der Waals surface area contributed by atoms with Gasteiger partial charge in [0, 0.05) is 5.56 Å². The number of hydrogen-bond donors (Lipinski definition) is 1. The smallest absolute Gasteiger partial charge is 0.223 e. The molecular weight excluding hydrogens is 236 g/mol. The Bertz CT molecular complexity index is 533. The van der Waals surface area contributed by atoms with E-state index < -0.39 is 0 Å². The van der Waals surface area contributed by atoms with E-state index in [0.717, 1.165) is 16.7 Å². The second-order valence-electron chi connectivity index (χ2n) is 4.34. The summed E-state index contributed by atoms with van der Waals surface area (Å²) in [6.07, 6.45) is 0. The topological polar surface area (TPSA) is 64.7 Å². The third-order valence-electron chi connectivity index (χ3n) is 2.67. The summed E-state index contributed by atoms with van der Waals surface area (Å²) in [5, 5.41) is 0. The molecule has 2 aromatic rings. The number of rotatable bonds is 1. The lowest BCUT2D eigenvalue weighted by atomic mass is 9.99. The van der Waals surface area contributed by atoms with Gasteiger partial charge in [-0.3, -0.25) is 0 Å². The molecule has 2 N–H and O–H groups in total. The summed E-state index contributed by atoms with van der Waals surface area (Å²) in [5.41, 5.74) is 10.3. The number of nitrogens with zero attached hydrogens (tertiary/aromatic N) is 3. The van der Waals surface area contributed by atoms with Gasteiger partial charge in [0.25, 0.3) is 0 Å². The Morgan fingerprint density at radius 2 is 1.37 bits per heavy atom. The molecular formula is C15H22N4. The lowest BCUT2D eigenvalue weighted by Crippen LogP contribution is -2.03. The molecule has 0 bridgehead atoms. The van der Waals surface area contributed by atoms with Crippen LogP contribution in [0.15, 0.2) is 12.1 Å². The zero-order valence-corrected chi connectivity index (χ0v) is 12.6. The first kappa shape index (κ1) is 15.1. The lowest BCUT2D eigenvalue weighted by molar-refractivity contribution is 0.992. The molecule has 102 valence electrons. The Hall–Kier alpha value is -1.97. The maximum absolute atomic E-state index is 5.66. The Balaban J connectivity index is 0.000000861. The average Bonchev–Trinajstić information content (AvgIpc) is 2.28. The molecule has 0 aliphatic rings. The molecule has 1 aromatic heterocycles. The molecule has 4 heteroatoms. The monoisotopic (exact) mass is 258 g/mol. The Labute approximate surface area is 115 Å². The van der Waals surface area contributed by atoms with Crippen LogP contribution < -0.4 is 5.73 Å². The number of anilines is 1. The fourth-order valence-corrected chi connectivity index (χ4v) is 2.15. The van der Waals surface area contributed by atoms with Gasteiger partial charge >= 0.3 is 0 Å². The number of nitrogens with two attached hydrogens (primary N) is 1. The molecule has 4 nitrogen and oxygen atoms in total. The Morgan fingerprint density at radius 1 is 0.842 bits per heavy atom.